The van der Waals surface area contributed by atoms with Gasteiger partial charge in [0.05, 0.1) is 0 Å². The lowest BCUT2D eigenvalue weighted by molar-refractivity contribution is 0.0693. The molecular weight excluding hydrogens is 254 g/mol. The minimum Gasteiger partial charge on any atom is -0.507 e. The number of hydrogen-bond donors (Lipinski definition) is 3. The van der Waals surface area contributed by atoms with Gasteiger partial charge in [0, 0.05) is 17.8 Å². The molecule has 0 saturated heterocycles. The number of aryl methyl sites for hydroxylation is 2. The fraction of sp³-hybridized carbons (Fsp3) is 0.188. The molecule has 0 heterocycles. The van der Waals surface area contributed by atoms with Gasteiger partial charge in [0.15, 0.2) is 0 Å². The summed E-state index contributed by atoms with van der Waals surface area (Å²) in [7, 11) is 0. The minimum atomic E-state index is -1.13. The van der Waals surface area contributed by atoms with Crippen molar-refractivity contribution < 1.29 is 15.0 Å². The summed E-state index contributed by atoms with van der Waals surface area (Å²) in [5.41, 5.74) is 3.74. The predicted molar refractivity (Wildman–Crippen MR) is 78.3 cm³/mol. The Bertz CT molecular complexity index is 650. The lowest BCUT2D eigenvalue weighted by Gasteiger charge is -2.12. The van der Waals surface area contributed by atoms with Crippen LogP contribution in [-0.2, 0) is 6.54 Å². The molecule has 4 heteroatoms. The fourth-order valence-electron chi connectivity index (χ4n) is 2.11. The zero-order chi connectivity index (χ0) is 14.7. The van der Waals surface area contributed by atoms with E-state index in [2.05, 4.69) is 11.4 Å². The van der Waals surface area contributed by atoms with E-state index < -0.39 is 5.97 Å². The van der Waals surface area contributed by atoms with Gasteiger partial charge in [0.2, 0.25) is 0 Å². The zero-order valence-electron chi connectivity index (χ0n) is 11.5. The minimum absolute atomic E-state index is 0.0788. The van der Waals surface area contributed by atoms with Gasteiger partial charge in [-0.25, -0.2) is 4.79 Å². The smallest absolute Gasteiger partial charge is 0.339 e. The van der Waals surface area contributed by atoms with Gasteiger partial charge in [-0.05, 0) is 31.5 Å². The van der Waals surface area contributed by atoms with E-state index in [0.717, 1.165) is 11.3 Å². The molecule has 0 fully saturated rings. The van der Waals surface area contributed by atoms with Gasteiger partial charge in [-0.3, -0.25) is 0 Å². The van der Waals surface area contributed by atoms with Crippen molar-refractivity contribution in [1.29, 1.82) is 0 Å². The summed E-state index contributed by atoms with van der Waals surface area (Å²) in [5, 5.41) is 22.1. The molecule has 104 valence electrons. The average molecular weight is 271 g/mol. The Morgan fingerprint density at radius 3 is 2.60 bits per heavy atom. The first-order chi connectivity index (χ1) is 9.49. The molecule has 0 aliphatic rings. The van der Waals surface area contributed by atoms with Crippen molar-refractivity contribution in [3.63, 3.8) is 0 Å². The first kappa shape index (κ1) is 13.9. The molecule has 0 radical (unpaired) electrons. The average Bonchev–Trinajstić information content (AvgIpc) is 2.39. The molecule has 0 bridgehead atoms. The molecule has 2 aromatic carbocycles. The molecule has 0 unspecified atom stereocenters. The number of carboxylic acid groups (broad SMARTS) is 1. The van der Waals surface area contributed by atoms with Gasteiger partial charge in [-0.15, -0.1) is 0 Å². The van der Waals surface area contributed by atoms with Crippen LogP contribution in [0.5, 0.6) is 5.75 Å². The van der Waals surface area contributed by atoms with E-state index in [1.54, 1.807) is 12.1 Å². The number of benzene rings is 2. The Morgan fingerprint density at radius 2 is 1.95 bits per heavy atom. The number of carboxylic acids is 1. The van der Waals surface area contributed by atoms with Crippen LogP contribution in [0.1, 0.15) is 27.0 Å². The van der Waals surface area contributed by atoms with Crippen molar-refractivity contribution in [3.8, 4) is 5.75 Å². The van der Waals surface area contributed by atoms with Crippen LogP contribution in [0.3, 0.4) is 0 Å². The van der Waals surface area contributed by atoms with E-state index in [-0.39, 0.29) is 11.3 Å². The van der Waals surface area contributed by atoms with Crippen LogP contribution < -0.4 is 5.32 Å². The third-order valence-corrected chi connectivity index (χ3v) is 3.20. The van der Waals surface area contributed by atoms with Gasteiger partial charge >= 0.3 is 5.97 Å². The number of phenols is 1. The second-order valence-corrected chi connectivity index (χ2v) is 4.79. The number of para-hydroxylation sites is 1. The predicted octanol–water partition coefficient (Wildman–Crippen LogP) is 3.32. The summed E-state index contributed by atoms with van der Waals surface area (Å²) in [6, 6.07) is 10.8. The normalized spacial score (nSPS) is 10.3. The summed E-state index contributed by atoms with van der Waals surface area (Å²) >= 11 is 0. The highest BCUT2D eigenvalue weighted by Gasteiger charge is 2.12. The largest absolute Gasteiger partial charge is 0.507 e. The molecule has 0 aliphatic carbocycles. The quantitative estimate of drug-likeness (QED) is 0.798. The van der Waals surface area contributed by atoms with Gasteiger partial charge in [-0.1, -0.05) is 29.8 Å². The zero-order valence-corrected chi connectivity index (χ0v) is 11.5. The fourth-order valence-corrected chi connectivity index (χ4v) is 2.11. The molecule has 0 aromatic heterocycles. The highest BCUT2D eigenvalue weighted by atomic mass is 16.4. The van der Waals surface area contributed by atoms with E-state index in [9.17, 15) is 9.90 Å². The number of hydrogen-bond acceptors (Lipinski definition) is 3. The van der Waals surface area contributed by atoms with Crippen molar-refractivity contribution in [2.45, 2.75) is 20.4 Å². The van der Waals surface area contributed by atoms with Crippen LogP contribution in [0.25, 0.3) is 0 Å². The Hall–Kier alpha value is -2.49. The first-order valence-corrected chi connectivity index (χ1v) is 6.34. The number of aromatic hydroxyl groups is 1. The van der Waals surface area contributed by atoms with Crippen LogP contribution >= 0.6 is 0 Å². The second-order valence-electron chi connectivity index (χ2n) is 4.79. The monoisotopic (exact) mass is 271 g/mol. The number of aromatic carboxylic acids is 1. The van der Waals surface area contributed by atoms with Gasteiger partial charge < -0.3 is 15.5 Å². The third-order valence-electron chi connectivity index (χ3n) is 3.20. The molecule has 2 rings (SSSR count). The molecular formula is C16H17NO3. The number of carbonyl (C=O) groups is 1. The van der Waals surface area contributed by atoms with E-state index in [0.29, 0.717) is 12.1 Å². The number of rotatable bonds is 4. The van der Waals surface area contributed by atoms with Crippen LogP contribution in [0.2, 0.25) is 0 Å². The maximum atomic E-state index is 11.0. The maximum absolute atomic E-state index is 11.0. The first-order valence-electron chi connectivity index (χ1n) is 6.34. The lowest BCUT2D eigenvalue weighted by Crippen LogP contribution is -2.04. The van der Waals surface area contributed by atoms with Crippen molar-refractivity contribution >= 4 is 11.7 Å². The van der Waals surface area contributed by atoms with Crippen LogP contribution in [0.15, 0.2) is 36.4 Å². The highest BCUT2D eigenvalue weighted by molar-refractivity contribution is 5.91. The van der Waals surface area contributed by atoms with E-state index in [1.807, 2.05) is 26.0 Å². The molecule has 0 saturated carbocycles. The SMILES string of the molecule is Cc1ccc(NCc2cccc(C(=O)O)c2O)c(C)c1. The Kier molecular flexibility index (Phi) is 3.94. The molecule has 0 aliphatic heterocycles. The number of nitrogens with one attached hydrogen (secondary N) is 1. The van der Waals surface area contributed by atoms with E-state index in [4.69, 9.17) is 5.11 Å². The summed E-state index contributed by atoms with van der Waals surface area (Å²) in [6.45, 7) is 4.40. The second kappa shape index (κ2) is 5.65. The standard InChI is InChI=1S/C16H17NO3/c1-10-6-7-14(11(2)8-10)17-9-12-4-3-5-13(15(12)18)16(19)20/h3-8,17-18H,9H2,1-2H3,(H,19,20). The summed E-state index contributed by atoms with van der Waals surface area (Å²) in [4.78, 5) is 11.0. The van der Waals surface area contributed by atoms with E-state index >= 15 is 0 Å². The molecule has 20 heavy (non-hydrogen) atoms. The van der Waals surface area contributed by atoms with Crippen molar-refractivity contribution in [3.05, 3.63) is 58.7 Å². The molecule has 4 nitrogen and oxygen atoms in total. The van der Waals surface area contributed by atoms with Crippen molar-refractivity contribution in [2.75, 3.05) is 5.32 Å². The maximum Gasteiger partial charge on any atom is 0.339 e. The van der Waals surface area contributed by atoms with Crippen LogP contribution in [-0.4, -0.2) is 16.2 Å². The Morgan fingerprint density at radius 1 is 1.20 bits per heavy atom. The Balaban J connectivity index is 2.19. The summed E-state index contributed by atoms with van der Waals surface area (Å²) in [6.07, 6.45) is 0. The van der Waals surface area contributed by atoms with E-state index in [1.165, 1.54) is 11.6 Å². The third kappa shape index (κ3) is 2.91. The summed E-state index contributed by atoms with van der Waals surface area (Å²) < 4.78 is 0. The topological polar surface area (TPSA) is 69.6 Å². The molecule has 0 atom stereocenters. The molecule has 3 N–H and O–H groups in total. The summed E-state index contributed by atoms with van der Waals surface area (Å²) in [5.74, 6) is -1.31. The van der Waals surface area contributed by atoms with Crippen LogP contribution in [0, 0.1) is 13.8 Å². The molecule has 2 aromatic rings. The van der Waals surface area contributed by atoms with Crippen molar-refractivity contribution in [2.24, 2.45) is 0 Å². The Labute approximate surface area is 117 Å². The lowest BCUT2D eigenvalue weighted by atomic mass is 10.1. The number of anilines is 1. The van der Waals surface area contributed by atoms with Gasteiger partial charge in [0.1, 0.15) is 11.3 Å². The van der Waals surface area contributed by atoms with Crippen LogP contribution in [0.4, 0.5) is 5.69 Å². The van der Waals surface area contributed by atoms with Gasteiger partial charge in [0.25, 0.3) is 0 Å². The molecule has 0 amide bonds. The highest BCUT2D eigenvalue weighted by Crippen LogP contribution is 2.24. The molecule has 0 spiro atoms. The van der Waals surface area contributed by atoms with Crippen molar-refractivity contribution in [1.82, 2.24) is 0 Å². The van der Waals surface area contributed by atoms with Gasteiger partial charge in [-0.2, -0.15) is 0 Å².